The van der Waals surface area contributed by atoms with Crippen LogP contribution in [0.25, 0.3) is 0 Å². The van der Waals surface area contributed by atoms with Gasteiger partial charge in [-0.15, -0.1) is 0 Å². The molecule has 1 aromatic rings. The topological polar surface area (TPSA) is 50.1 Å². The van der Waals surface area contributed by atoms with Crippen molar-refractivity contribution in [2.24, 2.45) is 12.5 Å². The highest BCUT2D eigenvalue weighted by molar-refractivity contribution is 6.30. The maximum Gasteiger partial charge on any atom is 0.131 e. The maximum atomic E-state index is 9.27. The molecule has 1 heterocycles. The first-order valence-corrected chi connectivity index (χ1v) is 6.90. The Balaban J connectivity index is 2.00. The lowest BCUT2D eigenvalue weighted by Gasteiger charge is -2.13. The molecule has 0 aliphatic heterocycles. The van der Waals surface area contributed by atoms with Gasteiger partial charge in [0.05, 0.1) is 5.69 Å². The summed E-state index contributed by atoms with van der Waals surface area (Å²) in [6, 6.07) is 0. The molecule has 2 rings (SSSR count). The van der Waals surface area contributed by atoms with Crippen LogP contribution in [0, 0.1) is 5.41 Å². The third-order valence-corrected chi connectivity index (χ3v) is 4.21. The molecule has 4 nitrogen and oxygen atoms in total. The lowest BCUT2D eigenvalue weighted by atomic mass is 10.1. The highest BCUT2D eigenvalue weighted by Crippen LogP contribution is 2.44. The van der Waals surface area contributed by atoms with Gasteiger partial charge >= 0.3 is 0 Å². The minimum atomic E-state index is 0.132. The first-order chi connectivity index (χ1) is 8.49. The fourth-order valence-electron chi connectivity index (χ4n) is 2.21. The number of nitrogens with zero attached hydrogens (tertiary/aromatic N) is 2. The number of halogens is 1. The number of aliphatic hydroxyl groups excluding tert-OH is 1. The molecule has 1 saturated carbocycles. The molecule has 0 bridgehead atoms. The Labute approximate surface area is 113 Å². The van der Waals surface area contributed by atoms with E-state index >= 15 is 0 Å². The fraction of sp³-hybridized carbons (Fsp3) is 0.769. The molecule has 5 heteroatoms. The van der Waals surface area contributed by atoms with Crippen molar-refractivity contribution in [3.8, 4) is 0 Å². The molecule has 0 spiro atoms. The molecule has 1 aromatic heterocycles. The number of aromatic nitrogens is 2. The molecule has 0 amide bonds. The second kappa shape index (κ2) is 5.19. The van der Waals surface area contributed by atoms with E-state index in [1.165, 1.54) is 0 Å². The summed E-state index contributed by atoms with van der Waals surface area (Å²) in [5.41, 5.74) is 2.28. The van der Waals surface area contributed by atoms with E-state index < -0.39 is 0 Å². The molecule has 1 aliphatic rings. The lowest BCUT2D eigenvalue weighted by Crippen LogP contribution is -2.26. The van der Waals surface area contributed by atoms with Gasteiger partial charge in [-0.25, -0.2) is 0 Å². The summed E-state index contributed by atoms with van der Waals surface area (Å²) < 4.78 is 1.73. The summed E-state index contributed by atoms with van der Waals surface area (Å²) >= 11 is 6.27. The number of aryl methyl sites for hydroxylation is 1. The van der Waals surface area contributed by atoms with Crippen LogP contribution in [-0.4, -0.2) is 28.0 Å². The zero-order valence-electron chi connectivity index (χ0n) is 11.3. The average molecular weight is 272 g/mol. The second-order valence-electron chi connectivity index (χ2n) is 5.69. The van der Waals surface area contributed by atoms with Gasteiger partial charge in [-0.2, -0.15) is 5.10 Å². The summed E-state index contributed by atoms with van der Waals surface area (Å²) in [5, 5.41) is 17.8. The third-order valence-electron chi connectivity index (χ3n) is 3.74. The van der Waals surface area contributed by atoms with Gasteiger partial charge in [-0.3, -0.25) is 4.68 Å². The molecule has 0 aromatic carbocycles. The van der Waals surface area contributed by atoms with Gasteiger partial charge in [0, 0.05) is 37.7 Å². The van der Waals surface area contributed by atoms with Crippen LogP contribution < -0.4 is 5.32 Å². The van der Waals surface area contributed by atoms with E-state index in [1.807, 2.05) is 7.05 Å². The highest BCUT2D eigenvalue weighted by Gasteiger charge is 2.41. The van der Waals surface area contributed by atoms with Crippen LogP contribution in [0.15, 0.2) is 0 Å². The first kappa shape index (κ1) is 13.8. The Hall–Kier alpha value is -0.580. The Bertz CT molecular complexity index is 424. The van der Waals surface area contributed by atoms with E-state index in [1.54, 1.807) is 4.68 Å². The summed E-state index contributed by atoms with van der Waals surface area (Å²) in [7, 11) is 1.87. The number of hydrogen-bond donors (Lipinski definition) is 2. The molecule has 18 heavy (non-hydrogen) atoms. The zero-order chi connectivity index (χ0) is 13.3. The minimum absolute atomic E-state index is 0.132. The molecule has 2 N–H and O–H groups in total. The molecule has 1 aliphatic carbocycles. The molecule has 102 valence electrons. The zero-order valence-corrected chi connectivity index (χ0v) is 12.1. The molecular weight excluding hydrogens is 250 g/mol. The predicted octanol–water partition coefficient (Wildman–Crippen LogP) is 2.06. The lowest BCUT2D eigenvalue weighted by molar-refractivity contribution is 0.207. The van der Waals surface area contributed by atoms with Gasteiger partial charge < -0.3 is 10.4 Å². The van der Waals surface area contributed by atoms with E-state index in [2.05, 4.69) is 24.3 Å². The molecule has 0 radical (unpaired) electrons. The fourth-order valence-corrected chi connectivity index (χ4v) is 2.42. The van der Waals surface area contributed by atoms with Crippen LogP contribution in [0.3, 0.4) is 0 Å². The standard InChI is InChI=1S/C13H22ClN3O/c1-9(2)11-10(12(14)17(3)16-11)6-15-7-13(8-18)4-5-13/h9,15,18H,4-8H2,1-3H3. The Morgan fingerprint density at radius 1 is 1.50 bits per heavy atom. The number of nitrogens with one attached hydrogen (secondary N) is 1. The van der Waals surface area contributed by atoms with E-state index in [9.17, 15) is 5.11 Å². The van der Waals surface area contributed by atoms with Crippen LogP contribution in [0.5, 0.6) is 0 Å². The van der Waals surface area contributed by atoms with Gasteiger partial charge in [0.1, 0.15) is 5.15 Å². The monoisotopic (exact) mass is 271 g/mol. The van der Waals surface area contributed by atoms with Crippen molar-refractivity contribution in [2.75, 3.05) is 13.2 Å². The van der Waals surface area contributed by atoms with Crippen molar-refractivity contribution in [1.82, 2.24) is 15.1 Å². The maximum absolute atomic E-state index is 9.27. The Morgan fingerprint density at radius 2 is 2.17 bits per heavy atom. The van der Waals surface area contributed by atoms with Crippen molar-refractivity contribution < 1.29 is 5.11 Å². The Kier molecular flexibility index (Phi) is 3.99. The quantitative estimate of drug-likeness (QED) is 0.833. The first-order valence-electron chi connectivity index (χ1n) is 6.52. The SMILES string of the molecule is CC(C)c1nn(C)c(Cl)c1CNCC1(CO)CC1. The summed E-state index contributed by atoms with van der Waals surface area (Å²) in [4.78, 5) is 0. The van der Waals surface area contributed by atoms with Crippen LogP contribution >= 0.6 is 11.6 Å². The van der Waals surface area contributed by atoms with Gasteiger partial charge in [-0.1, -0.05) is 25.4 Å². The minimum Gasteiger partial charge on any atom is -0.396 e. The molecular formula is C13H22ClN3O. The predicted molar refractivity (Wildman–Crippen MR) is 72.8 cm³/mol. The van der Waals surface area contributed by atoms with Crippen LogP contribution in [0.1, 0.15) is 43.9 Å². The highest BCUT2D eigenvalue weighted by atomic mass is 35.5. The van der Waals surface area contributed by atoms with Crippen LogP contribution in [-0.2, 0) is 13.6 Å². The van der Waals surface area contributed by atoms with Crippen LogP contribution in [0.2, 0.25) is 5.15 Å². The van der Waals surface area contributed by atoms with Crippen molar-refractivity contribution in [3.05, 3.63) is 16.4 Å². The molecule has 0 atom stereocenters. The van der Waals surface area contributed by atoms with Gasteiger partial charge in [0.2, 0.25) is 0 Å². The summed E-state index contributed by atoms with van der Waals surface area (Å²) in [6.45, 7) is 6.10. The largest absolute Gasteiger partial charge is 0.396 e. The van der Waals surface area contributed by atoms with Gasteiger partial charge in [0.15, 0.2) is 0 Å². The van der Waals surface area contributed by atoms with E-state index in [0.29, 0.717) is 11.1 Å². The van der Waals surface area contributed by atoms with Gasteiger partial charge in [0.25, 0.3) is 0 Å². The second-order valence-corrected chi connectivity index (χ2v) is 6.05. The van der Waals surface area contributed by atoms with E-state index in [4.69, 9.17) is 11.6 Å². The average Bonchev–Trinajstić information content (AvgIpc) is 3.06. The van der Waals surface area contributed by atoms with Crippen molar-refractivity contribution >= 4 is 11.6 Å². The summed E-state index contributed by atoms with van der Waals surface area (Å²) in [6.07, 6.45) is 2.24. The number of aliphatic hydroxyl groups is 1. The number of rotatable bonds is 6. The third kappa shape index (κ3) is 2.71. The summed E-state index contributed by atoms with van der Waals surface area (Å²) in [5.74, 6) is 0.369. The van der Waals surface area contributed by atoms with Crippen LogP contribution in [0.4, 0.5) is 0 Å². The van der Waals surface area contributed by atoms with Crippen molar-refractivity contribution in [2.45, 2.75) is 39.2 Å². The molecule has 0 unspecified atom stereocenters. The van der Waals surface area contributed by atoms with E-state index in [-0.39, 0.29) is 12.0 Å². The molecule has 1 fully saturated rings. The van der Waals surface area contributed by atoms with Gasteiger partial charge in [-0.05, 0) is 18.8 Å². The van der Waals surface area contributed by atoms with Crippen molar-refractivity contribution in [3.63, 3.8) is 0 Å². The number of hydrogen-bond acceptors (Lipinski definition) is 3. The van der Waals surface area contributed by atoms with E-state index in [0.717, 1.165) is 37.2 Å². The normalized spacial score (nSPS) is 17.4. The van der Waals surface area contributed by atoms with Crippen molar-refractivity contribution in [1.29, 1.82) is 0 Å². The smallest absolute Gasteiger partial charge is 0.131 e. The Morgan fingerprint density at radius 3 is 2.67 bits per heavy atom. The molecule has 0 saturated heterocycles.